The highest BCUT2D eigenvalue weighted by Gasteiger charge is 2.32. The lowest BCUT2D eigenvalue weighted by Gasteiger charge is -2.36. The third-order valence-electron chi connectivity index (χ3n) is 7.97. The Bertz CT molecular complexity index is 1440. The zero-order valence-corrected chi connectivity index (χ0v) is 28.0. The van der Waals surface area contributed by atoms with E-state index in [0.29, 0.717) is 6.10 Å². The Labute approximate surface area is 257 Å². The first-order valence-electron chi connectivity index (χ1n) is 15.1. The van der Waals surface area contributed by atoms with Crippen molar-refractivity contribution in [2.24, 2.45) is 5.41 Å². The highest BCUT2D eigenvalue weighted by molar-refractivity contribution is 5.59. The normalized spacial score (nSPS) is 19.1. The maximum Gasteiger partial charge on any atom is 0.0617 e. The minimum Gasteiger partial charge on any atom is -0.381 e. The van der Waals surface area contributed by atoms with Gasteiger partial charge in [-0.15, -0.1) is 0 Å². The van der Waals surface area contributed by atoms with Gasteiger partial charge in [0.05, 0.1) is 6.10 Å². The molecule has 0 aliphatic heterocycles. The molecular formula is C41H52O. The fourth-order valence-electron chi connectivity index (χ4n) is 5.07. The average molecular weight is 561 g/mol. The van der Waals surface area contributed by atoms with Gasteiger partial charge in [0.2, 0.25) is 0 Å². The number of aryl methyl sites for hydroxylation is 1. The zero-order valence-electron chi connectivity index (χ0n) is 28.0. The summed E-state index contributed by atoms with van der Waals surface area (Å²) in [6.45, 7) is 21.7. The van der Waals surface area contributed by atoms with Crippen molar-refractivity contribution in [3.05, 3.63) is 135 Å². The minimum atomic E-state index is 0.0495. The van der Waals surface area contributed by atoms with Crippen LogP contribution in [0.25, 0.3) is 6.08 Å². The van der Waals surface area contributed by atoms with Crippen LogP contribution in [0.1, 0.15) is 83.6 Å². The zero-order chi connectivity index (χ0) is 31.3. The van der Waals surface area contributed by atoms with Gasteiger partial charge < -0.3 is 4.74 Å². The van der Waals surface area contributed by atoms with E-state index in [-0.39, 0.29) is 5.41 Å². The summed E-state index contributed by atoms with van der Waals surface area (Å²) in [6, 6.07) is 4.39. The summed E-state index contributed by atoms with van der Waals surface area (Å²) in [5, 5.41) is 0. The van der Waals surface area contributed by atoms with Crippen LogP contribution in [0.2, 0.25) is 0 Å². The number of ether oxygens (including phenoxy) is 1. The molecule has 2 rings (SSSR count). The van der Waals surface area contributed by atoms with Gasteiger partial charge in [-0.2, -0.15) is 0 Å². The predicted octanol–water partition coefficient (Wildman–Crippen LogP) is 11.2. The lowest BCUT2D eigenvalue weighted by atomic mass is 9.72. The molecule has 0 N–H and O–H groups in total. The molecular weight excluding hydrogens is 508 g/mol. The standard InChI is InChI=1S/C41H52O/c1-30(18-14-20-32(3)22-25-38-26-24-34(5)36(7)37(38)8)16-12-13-17-31(2)19-15-21-33(4)23-27-40-35(6)28-39(42-11)29-41(40,9)10/h12-22,24-26,39H,28-29H2,1-11H3/t39-/m1/s1. The highest BCUT2D eigenvalue weighted by atomic mass is 16.5. The Morgan fingerprint density at radius 1 is 0.786 bits per heavy atom. The molecule has 42 heavy (non-hydrogen) atoms. The fourth-order valence-corrected chi connectivity index (χ4v) is 5.07. The summed E-state index contributed by atoms with van der Waals surface area (Å²) in [7, 11) is 1.81. The number of rotatable bonds is 9. The largest absolute Gasteiger partial charge is 0.381 e. The monoisotopic (exact) mass is 560 g/mol. The number of methoxy groups -OCH3 is 1. The first-order valence-corrected chi connectivity index (χ1v) is 15.1. The molecule has 222 valence electrons. The molecule has 0 bridgehead atoms. The molecule has 0 heterocycles. The molecule has 1 aliphatic rings. The van der Waals surface area contributed by atoms with Gasteiger partial charge in [0, 0.05) is 18.1 Å². The van der Waals surface area contributed by atoms with Crippen molar-refractivity contribution in [1.82, 2.24) is 0 Å². The van der Waals surface area contributed by atoms with Crippen LogP contribution in [-0.2, 0) is 4.74 Å². The Morgan fingerprint density at radius 3 is 1.95 bits per heavy atom. The van der Waals surface area contributed by atoms with E-state index < -0.39 is 0 Å². The van der Waals surface area contributed by atoms with Crippen molar-refractivity contribution < 1.29 is 4.74 Å². The van der Waals surface area contributed by atoms with Crippen LogP contribution in [0, 0.1) is 38.0 Å². The van der Waals surface area contributed by atoms with E-state index in [1.54, 1.807) is 7.11 Å². The van der Waals surface area contributed by atoms with Crippen LogP contribution in [0.3, 0.4) is 0 Å². The van der Waals surface area contributed by atoms with E-state index in [4.69, 9.17) is 4.74 Å². The van der Waals surface area contributed by atoms with Gasteiger partial charge in [-0.05, 0) is 96.1 Å². The molecule has 1 aromatic rings. The van der Waals surface area contributed by atoms with Crippen molar-refractivity contribution in [1.29, 1.82) is 0 Å². The summed E-state index contributed by atoms with van der Waals surface area (Å²) >= 11 is 0. The van der Waals surface area contributed by atoms with Gasteiger partial charge in [-0.3, -0.25) is 0 Å². The molecule has 0 spiro atoms. The Kier molecular flexibility index (Phi) is 13.8. The summed E-state index contributed by atoms with van der Waals surface area (Å²) in [4.78, 5) is 0. The maximum atomic E-state index is 5.62. The summed E-state index contributed by atoms with van der Waals surface area (Å²) in [5.74, 6) is 6.82. The number of allylic oxidation sites excluding steroid dienone is 16. The first-order chi connectivity index (χ1) is 19.8. The number of hydrogen-bond donors (Lipinski definition) is 0. The second-order valence-electron chi connectivity index (χ2n) is 12.3. The first kappa shape index (κ1) is 34.6. The van der Waals surface area contributed by atoms with Gasteiger partial charge in [-0.1, -0.05) is 133 Å². The average Bonchev–Trinajstić information content (AvgIpc) is 2.92. The highest BCUT2D eigenvalue weighted by Crippen LogP contribution is 2.40. The van der Waals surface area contributed by atoms with Crippen LogP contribution >= 0.6 is 0 Å². The minimum absolute atomic E-state index is 0.0495. The van der Waals surface area contributed by atoms with Crippen molar-refractivity contribution >= 4 is 6.08 Å². The van der Waals surface area contributed by atoms with Crippen LogP contribution in [0.5, 0.6) is 0 Å². The molecule has 1 heteroatoms. The number of hydrogen-bond acceptors (Lipinski definition) is 1. The molecule has 0 amide bonds. The van der Waals surface area contributed by atoms with Gasteiger partial charge >= 0.3 is 0 Å². The molecule has 1 atom stereocenters. The van der Waals surface area contributed by atoms with E-state index in [9.17, 15) is 0 Å². The summed E-state index contributed by atoms with van der Waals surface area (Å²) in [6.07, 6.45) is 27.7. The van der Waals surface area contributed by atoms with Gasteiger partial charge in [0.1, 0.15) is 0 Å². The molecule has 1 nitrogen and oxygen atoms in total. The van der Waals surface area contributed by atoms with Gasteiger partial charge in [-0.25, -0.2) is 0 Å². The molecule has 1 aliphatic carbocycles. The van der Waals surface area contributed by atoms with Crippen LogP contribution in [0.15, 0.2) is 112 Å². The quantitative estimate of drug-likeness (QED) is 0.216. The molecule has 0 fully saturated rings. The van der Waals surface area contributed by atoms with E-state index in [1.807, 2.05) is 0 Å². The number of benzene rings is 1. The van der Waals surface area contributed by atoms with Crippen LogP contribution in [-0.4, -0.2) is 13.2 Å². The van der Waals surface area contributed by atoms with Crippen molar-refractivity contribution in [2.45, 2.75) is 88.2 Å². The lowest BCUT2D eigenvalue weighted by Crippen LogP contribution is -2.29. The van der Waals surface area contributed by atoms with Crippen LogP contribution < -0.4 is 0 Å². The molecule has 0 radical (unpaired) electrons. The molecule has 1 aromatic carbocycles. The predicted molar refractivity (Wildman–Crippen MR) is 186 cm³/mol. The Balaban J connectivity index is 1.92. The van der Waals surface area contributed by atoms with E-state index in [2.05, 4.69) is 166 Å². The summed E-state index contributed by atoms with van der Waals surface area (Å²) in [5.41, 5.74) is 12.7. The van der Waals surface area contributed by atoms with Gasteiger partial charge in [0.25, 0.3) is 0 Å². The van der Waals surface area contributed by atoms with E-state index >= 15 is 0 Å². The lowest BCUT2D eigenvalue weighted by molar-refractivity contribution is 0.0630. The topological polar surface area (TPSA) is 9.23 Å². The van der Waals surface area contributed by atoms with Crippen molar-refractivity contribution in [2.75, 3.05) is 7.11 Å². The molecule has 0 saturated carbocycles. The molecule has 0 saturated heterocycles. The van der Waals surface area contributed by atoms with E-state index in [1.165, 1.54) is 50.1 Å². The third kappa shape index (κ3) is 11.3. The van der Waals surface area contributed by atoms with Gasteiger partial charge in [0.15, 0.2) is 0 Å². The second kappa shape index (κ2) is 16.7. The smallest absolute Gasteiger partial charge is 0.0617 e. The van der Waals surface area contributed by atoms with E-state index in [0.717, 1.165) is 18.4 Å². The third-order valence-corrected chi connectivity index (χ3v) is 7.97. The SMILES string of the molecule is CO[C@@H]1CC(C)=C(C#CC(C)=CC=CC(C)=CC=CC=C(C)C=CC=C(C)C=Cc2ccc(C)c(C)c2C)C(C)(C)C1. The second-order valence-corrected chi connectivity index (χ2v) is 12.3. The fraction of sp³-hybridized carbons (Fsp3) is 0.366. The van der Waals surface area contributed by atoms with Crippen LogP contribution in [0.4, 0.5) is 0 Å². The molecule has 0 aromatic heterocycles. The molecule has 0 unspecified atom stereocenters. The maximum absolute atomic E-state index is 5.62. The Morgan fingerprint density at radius 2 is 1.36 bits per heavy atom. The van der Waals surface area contributed by atoms with Crippen molar-refractivity contribution in [3.8, 4) is 11.8 Å². The summed E-state index contributed by atoms with van der Waals surface area (Å²) < 4.78 is 5.62. The Hall–Kier alpha value is -3.60. The van der Waals surface area contributed by atoms with Crippen molar-refractivity contribution in [3.63, 3.8) is 0 Å².